The molecule has 2 aliphatic heterocycles. The number of amides is 1. The Morgan fingerprint density at radius 2 is 1.91 bits per heavy atom. The van der Waals surface area contributed by atoms with E-state index in [1.54, 1.807) is 23.4 Å². The van der Waals surface area contributed by atoms with Gasteiger partial charge in [-0.15, -0.1) is 0 Å². The summed E-state index contributed by atoms with van der Waals surface area (Å²) in [5.74, 6) is -0.132. The predicted molar refractivity (Wildman–Crippen MR) is 75.5 cm³/mol. The Bertz CT molecular complexity index is 788. The lowest BCUT2D eigenvalue weighted by Gasteiger charge is -2.33. The molecule has 1 N–H and O–H groups in total. The minimum absolute atomic E-state index is 0.132. The fourth-order valence-corrected chi connectivity index (χ4v) is 3.43. The summed E-state index contributed by atoms with van der Waals surface area (Å²) in [6.45, 7) is 1.07. The van der Waals surface area contributed by atoms with Crippen molar-refractivity contribution >= 4 is 5.91 Å². The van der Waals surface area contributed by atoms with Crippen molar-refractivity contribution in [2.24, 2.45) is 0 Å². The molecule has 0 aliphatic carbocycles. The zero-order chi connectivity index (χ0) is 16.2. The second-order valence-corrected chi connectivity index (χ2v) is 5.59. The Balaban J connectivity index is 1.88. The summed E-state index contributed by atoms with van der Waals surface area (Å²) in [6.07, 6.45) is -1.24. The van der Waals surface area contributed by atoms with E-state index in [1.807, 2.05) is 0 Å². The maximum atomic E-state index is 12.8. The van der Waals surface area contributed by atoms with Gasteiger partial charge in [-0.3, -0.25) is 15.1 Å². The lowest BCUT2D eigenvalue weighted by molar-refractivity contribution is -0.137. The van der Waals surface area contributed by atoms with Gasteiger partial charge in [0.05, 0.1) is 5.56 Å². The van der Waals surface area contributed by atoms with Crippen LogP contribution in [0, 0.1) is 0 Å². The quantitative estimate of drug-likeness (QED) is 0.878. The Kier molecular flexibility index (Phi) is 2.81. The number of halogens is 3. The van der Waals surface area contributed by atoms with Crippen LogP contribution in [-0.4, -0.2) is 28.9 Å². The van der Waals surface area contributed by atoms with E-state index in [2.05, 4.69) is 10.3 Å². The molecule has 4 nitrogen and oxygen atoms in total. The van der Waals surface area contributed by atoms with Crippen LogP contribution in [0.1, 0.15) is 27.0 Å². The number of rotatable bonds is 1. The second kappa shape index (κ2) is 4.55. The summed E-state index contributed by atoms with van der Waals surface area (Å²) in [4.78, 5) is 18.3. The van der Waals surface area contributed by atoms with Crippen LogP contribution in [0.25, 0.3) is 0 Å². The van der Waals surface area contributed by atoms with Gasteiger partial charge in [0, 0.05) is 36.6 Å². The minimum atomic E-state index is -4.38. The van der Waals surface area contributed by atoms with Gasteiger partial charge in [0.2, 0.25) is 0 Å². The maximum absolute atomic E-state index is 12.8. The molecule has 1 aromatic heterocycles. The number of fused-ring (bicyclic) bond motifs is 3. The summed E-state index contributed by atoms with van der Waals surface area (Å²) in [5, 5.41) is 3.28. The normalized spacial score (nSPS) is 23.1. The first kappa shape index (κ1) is 14.2. The first-order valence-corrected chi connectivity index (χ1v) is 7.14. The zero-order valence-corrected chi connectivity index (χ0v) is 11.9. The molecule has 2 aromatic rings. The minimum Gasteiger partial charge on any atom is -0.311 e. The van der Waals surface area contributed by atoms with Gasteiger partial charge in [-0.25, -0.2) is 0 Å². The highest BCUT2D eigenvalue weighted by Crippen LogP contribution is 2.44. The lowest BCUT2D eigenvalue weighted by atomic mass is 9.92. The number of nitrogens with one attached hydrogen (secondary N) is 1. The molecule has 0 spiro atoms. The highest BCUT2D eigenvalue weighted by molar-refractivity contribution is 6.00. The van der Waals surface area contributed by atoms with Crippen molar-refractivity contribution in [3.05, 3.63) is 65.0 Å². The third-order valence-corrected chi connectivity index (χ3v) is 4.44. The van der Waals surface area contributed by atoms with Crippen molar-refractivity contribution in [2.75, 3.05) is 13.1 Å². The van der Waals surface area contributed by atoms with Crippen LogP contribution in [0.4, 0.5) is 13.2 Å². The van der Waals surface area contributed by atoms with Gasteiger partial charge in [0.1, 0.15) is 5.66 Å². The molecule has 1 unspecified atom stereocenters. The highest BCUT2D eigenvalue weighted by Gasteiger charge is 2.53. The molecular weight excluding hydrogens is 307 g/mol. The molecule has 1 saturated heterocycles. The van der Waals surface area contributed by atoms with E-state index >= 15 is 0 Å². The van der Waals surface area contributed by atoms with E-state index in [4.69, 9.17) is 0 Å². The van der Waals surface area contributed by atoms with Gasteiger partial charge in [0.15, 0.2) is 0 Å². The standard InChI is InChI=1S/C16H12F3N3O/c17-16(18,19)11-3-1-10(2-4-11)15-13-9-20-6-5-12(13)14(23)22(15)8-7-21-15/h1-6,9,21H,7-8H2. The van der Waals surface area contributed by atoms with E-state index in [0.717, 1.165) is 12.1 Å². The second-order valence-electron chi connectivity index (χ2n) is 5.59. The lowest BCUT2D eigenvalue weighted by Crippen LogP contribution is -2.46. The molecule has 4 rings (SSSR count). The average molecular weight is 319 g/mol. The Labute approximate surface area is 129 Å². The van der Waals surface area contributed by atoms with Crippen LogP contribution in [0.2, 0.25) is 0 Å². The third kappa shape index (κ3) is 1.83. The molecule has 0 radical (unpaired) electrons. The molecule has 1 atom stereocenters. The number of benzene rings is 1. The number of carbonyl (C=O) groups is 1. The summed E-state index contributed by atoms with van der Waals surface area (Å²) < 4.78 is 38.3. The SMILES string of the molecule is O=C1c2ccncc2C2(c3ccc(C(F)(F)F)cc3)NCCN12. The smallest absolute Gasteiger partial charge is 0.311 e. The molecule has 3 heterocycles. The number of alkyl halides is 3. The van der Waals surface area contributed by atoms with Gasteiger partial charge in [-0.05, 0) is 23.8 Å². The Morgan fingerprint density at radius 3 is 2.61 bits per heavy atom. The van der Waals surface area contributed by atoms with Crippen LogP contribution in [0.15, 0.2) is 42.7 Å². The average Bonchev–Trinajstić information content (AvgIpc) is 3.07. The molecule has 1 amide bonds. The third-order valence-electron chi connectivity index (χ3n) is 4.44. The van der Waals surface area contributed by atoms with Gasteiger partial charge in [-0.2, -0.15) is 13.2 Å². The first-order valence-electron chi connectivity index (χ1n) is 7.14. The number of carbonyl (C=O) groups excluding carboxylic acids is 1. The number of pyridine rings is 1. The van der Waals surface area contributed by atoms with E-state index < -0.39 is 17.4 Å². The monoisotopic (exact) mass is 319 g/mol. The van der Waals surface area contributed by atoms with Crippen molar-refractivity contribution in [1.29, 1.82) is 0 Å². The highest BCUT2D eigenvalue weighted by atomic mass is 19.4. The number of nitrogens with zero attached hydrogens (tertiary/aromatic N) is 2. The van der Waals surface area contributed by atoms with E-state index in [0.29, 0.717) is 29.8 Å². The Morgan fingerprint density at radius 1 is 1.17 bits per heavy atom. The van der Waals surface area contributed by atoms with Crippen LogP contribution in [0.5, 0.6) is 0 Å². The van der Waals surface area contributed by atoms with E-state index in [1.165, 1.54) is 12.1 Å². The van der Waals surface area contributed by atoms with Crippen LogP contribution in [0.3, 0.4) is 0 Å². The van der Waals surface area contributed by atoms with Crippen molar-refractivity contribution in [3.63, 3.8) is 0 Å². The van der Waals surface area contributed by atoms with Gasteiger partial charge in [-0.1, -0.05) is 12.1 Å². The molecule has 2 aliphatic rings. The molecular formula is C16H12F3N3O. The first-order chi connectivity index (χ1) is 10.9. The molecule has 118 valence electrons. The van der Waals surface area contributed by atoms with Crippen LogP contribution >= 0.6 is 0 Å². The number of hydrogen-bond donors (Lipinski definition) is 1. The van der Waals surface area contributed by atoms with Gasteiger partial charge in [0.25, 0.3) is 5.91 Å². The Hall–Kier alpha value is -2.41. The largest absolute Gasteiger partial charge is 0.416 e. The summed E-state index contributed by atoms with van der Waals surface area (Å²) in [7, 11) is 0. The van der Waals surface area contributed by atoms with Crippen molar-refractivity contribution in [3.8, 4) is 0 Å². The molecule has 0 bridgehead atoms. The summed E-state index contributed by atoms with van der Waals surface area (Å²) in [5.41, 5.74) is 0.181. The number of aromatic nitrogens is 1. The van der Waals surface area contributed by atoms with Gasteiger partial charge < -0.3 is 4.90 Å². The molecule has 1 aromatic carbocycles. The molecule has 7 heteroatoms. The number of hydrogen-bond acceptors (Lipinski definition) is 3. The maximum Gasteiger partial charge on any atom is 0.416 e. The van der Waals surface area contributed by atoms with Crippen molar-refractivity contribution in [1.82, 2.24) is 15.2 Å². The zero-order valence-electron chi connectivity index (χ0n) is 11.9. The molecule has 23 heavy (non-hydrogen) atoms. The van der Waals surface area contributed by atoms with E-state index in [9.17, 15) is 18.0 Å². The molecule has 0 saturated carbocycles. The summed E-state index contributed by atoms with van der Waals surface area (Å²) >= 11 is 0. The van der Waals surface area contributed by atoms with Crippen LogP contribution in [-0.2, 0) is 11.8 Å². The summed E-state index contributed by atoms with van der Waals surface area (Å²) in [6, 6.07) is 6.57. The fourth-order valence-electron chi connectivity index (χ4n) is 3.43. The van der Waals surface area contributed by atoms with Crippen LogP contribution < -0.4 is 5.32 Å². The van der Waals surface area contributed by atoms with E-state index in [-0.39, 0.29) is 5.91 Å². The topological polar surface area (TPSA) is 45.2 Å². The predicted octanol–water partition coefficient (Wildman–Crippen LogP) is 2.36. The molecule has 1 fully saturated rings. The van der Waals surface area contributed by atoms with Crippen molar-refractivity contribution < 1.29 is 18.0 Å². The van der Waals surface area contributed by atoms with Gasteiger partial charge >= 0.3 is 6.18 Å². The van der Waals surface area contributed by atoms with Crippen molar-refractivity contribution in [2.45, 2.75) is 11.8 Å². The fraction of sp³-hybridized carbons (Fsp3) is 0.250.